The maximum atomic E-state index is 12.1. The number of anilines is 1. The standard InChI is InChI=1S/C21H27N3O3S/c1-24(2)13-17-7-5-4-6-16(17)12-22-20(25)14-28-15-21(26)23-18-8-10-19(27-3)11-9-18/h4-11H,12-15H2,1-3H3,(H,22,25)(H,23,26). The van der Waals surface area contributed by atoms with E-state index in [0.29, 0.717) is 12.2 Å². The minimum Gasteiger partial charge on any atom is -0.497 e. The van der Waals surface area contributed by atoms with Crippen LogP contribution in [0.3, 0.4) is 0 Å². The number of thioether (sulfide) groups is 1. The van der Waals surface area contributed by atoms with Crippen molar-refractivity contribution in [3.63, 3.8) is 0 Å². The Kier molecular flexibility index (Phi) is 8.84. The molecule has 2 amide bonds. The number of rotatable bonds is 10. The summed E-state index contributed by atoms with van der Waals surface area (Å²) in [5.41, 5.74) is 3.00. The molecule has 0 aliphatic carbocycles. The van der Waals surface area contributed by atoms with Crippen molar-refractivity contribution in [2.45, 2.75) is 13.1 Å². The number of nitrogens with zero attached hydrogens (tertiary/aromatic N) is 1. The molecule has 2 N–H and O–H groups in total. The van der Waals surface area contributed by atoms with Crippen molar-refractivity contribution >= 4 is 29.3 Å². The number of hydrogen-bond donors (Lipinski definition) is 2. The van der Waals surface area contributed by atoms with E-state index in [1.54, 1.807) is 31.4 Å². The Morgan fingerprint density at radius 3 is 2.25 bits per heavy atom. The Labute approximate surface area is 170 Å². The molecule has 28 heavy (non-hydrogen) atoms. The Morgan fingerprint density at radius 1 is 0.964 bits per heavy atom. The van der Waals surface area contributed by atoms with Gasteiger partial charge in [-0.05, 0) is 49.5 Å². The molecule has 2 aromatic carbocycles. The van der Waals surface area contributed by atoms with Crippen LogP contribution >= 0.6 is 11.8 Å². The molecule has 0 saturated heterocycles. The lowest BCUT2D eigenvalue weighted by molar-refractivity contribution is -0.118. The summed E-state index contributed by atoms with van der Waals surface area (Å²) in [6.07, 6.45) is 0. The van der Waals surface area contributed by atoms with Crippen LogP contribution in [0.4, 0.5) is 5.69 Å². The summed E-state index contributed by atoms with van der Waals surface area (Å²) in [7, 11) is 5.63. The number of benzene rings is 2. The average molecular weight is 402 g/mol. The lowest BCUT2D eigenvalue weighted by Crippen LogP contribution is -2.26. The number of methoxy groups -OCH3 is 1. The molecule has 2 rings (SSSR count). The molecule has 0 atom stereocenters. The molecule has 0 unspecified atom stereocenters. The van der Waals surface area contributed by atoms with E-state index in [1.807, 2.05) is 32.3 Å². The summed E-state index contributed by atoms with van der Waals surface area (Å²) in [6, 6.07) is 15.2. The van der Waals surface area contributed by atoms with Gasteiger partial charge in [0.2, 0.25) is 11.8 Å². The second-order valence-corrected chi connectivity index (χ2v) is 7.54. The molecule has 0 aromatic heterocycles. The van der Waals surface area contributed by atoms with Gasteiger partial charge >= 0.3 is 0 Å². The second-order valence-electron chi connectivity index (χ2n) is 6.55. The molecule has 0 bridgehead atoms. The third-order valence-electron chi connectivity index (χ3n) is 3.92. The fourth-order valence-corrected chi connectivity index (χ4v) is 3.22. The molecule has 0 aliphatic rings. The first-order valence-corrected chi connectivity index (χ1v) is 10.1. The number of hydrogen-bond acceptors (Lipinski definition) is 5. The minimum atomic E-state index is -0.140. The topological polar surface area (TPSA) is 70.7 Å². The molecule has 2 aromatic rings. The summed E-state index contributed by atoms with van der Waals surface area (Å²) in [5, 5.41) is 5.72. The molecule has 150 valence electrons. The van der Waals surface area contributed by atoms with Crippen molar-refractivity contribution in [2.75, 3.05) is 38.0 Å². The van der Waals surface area contributed by atoms with Crippen molar-refractivity contribution in [1.82, 2.24) is 10.2 Å². The quantitative estimate of drug-likeness (QED) is 0.641. The lowest BCUT2D eigenvalue weighted by atomic mass is 10.1. The van der Waals surface area contributed by atoms with Crippen molar-refractivity contribution in [3.8, 4) is 5.75 Å². The van der Waals surface area contributed by atoms with Gasteiger partial charge < -0.3 is 20.3 Å². The van der Waals surface area contributed by atoms with Gasteiger partial charge in [0.1, 0.15) is 5.75 Å². The van der Waals surface area contributed by atoms with Crippen molar-refractivity contribution in [2.24, 2.45) is 0 Å². The number of amides is 2. The predicted octanol–water partition coefficient (Wildman–Crippen LogP) is 2.74. The zero-order chi connectivity index (χ0) is 20.4. The van der Waals surface area contributed by atoms with Crippen LogP contribution in [0.15, 0.2) is 48.5 Å². The van der Waals surface area contributed by atoms with Gasteiger partial charge in [0.15, 0.2) is 0 Å². The molecule has 0 spiro atoms. The normalized spacial score (nSPS) is 10.6. The molecule has 7 heteroatoms. The van der Waals surface area contributed by atoms with Gasteiger partial charge in [0, 0.05) is 18.8 Å². The number of nitrogens with one attached hydrogen (secondary N) is 2. The molecule has 0 heterocycles. The molecular weight excluding hydrogens is 374 g/mol. The smallest absolute Gasteiger partial charge is 0.234 e. The van der Waals surface area contributed by atoms with Gasteiger partial charge in [-0.25, -0.2) is 0 Å². The van der Waals surface area contributed by atoms with Crippen LogP contribution in [0.5, 0.6) is 5.75 Å². The molecule has 0 saturated carbocycles. The van der Waals surface area contributed by atoms with E-state index < -0.39 is 0 Å². The zero-order valence-electron chi connectivity index (χ0n) is 16.5. The molecule has 0 radical (unpaired) electrons. The fourth-order valence-electron chi connectivity index (χ4n) is 2.58. The highest BCUT2D eigenvalue weighted by molar-refractivity contribution is 8.00. The molecular formula is C21H27N3O3S. The third kappa shape index (κ3) is 7.62. The van der Waals surface area contributed by atoms with Crippen LogP contribution in [0.2, 0.25) is 0 Å². The third-order valence-corrected chi connectivity index (χ3v) is 4.85. The Morgan fingerprint density at radius 2 is 1.61 bits per heavy atom. The van der Waals surface area contributed by atoms with E-state index in [1.165, 1.54) is 17.3 Å². The first-order valence-electron chi connectivity index (χ1n) is 8.98. The SMILES string of the molecule is COc1ccc(NC(=O)CSCC(=O)NCc2ccccc2CN(C)C)cc1. The van der Waals surface area contributed by atoms with Crippen LogP contribution in [0.1, 0.15) is 11.1 Å². The van der Waals surface area contributed by atoms with E-state index in [0.717, 1.165) is 17.9 Å². The predicted molar refractivity (Wildman–Crippen MR) is 115 cm³/mol. The highest BCUT2D eigenvalue weighted by Crippen LogP contribution is 2.15. The summed E-state index contributed by atoms with van der Waals surface area (Å²) in [5.74, 6) is 0.972. The second kappa shape index (κ2) is 11.4. The van der Waals surface area contributed by atoms with E-state index in [4.69, 9.17) is 4.74 Å². The van der Waals surface area contributed by atoms with E-state index in [-0.39, 0.29) is 23.3 Å². The summed E-state index contributed by atoms with van der Waals surface area (Å²) in [6.45, 7) is 1.31. The molecule has 0 fully saturated rings. The summed E-state index contributed by atoms with van der Waals surface area (Å²) in [4.78, 5) is 26.1. The molecule has 6 nitrogen and oxygen atoms in total. The highest BCUT2D eigenvalue weighted by Gasteiger charge is 2.08. The van der Waals surface area contributed by atoms with Gasteiger partial charge in [-0.1, -0.05) is 24.3 Å². The summed E-state index contributed by atoms with van der Waals surface area (Å²) < 4.78 is 5.08. The first-order chi connectivity index (χ1) is 13.5. The first kappa shape index (κ1) is 21.8. The maximum absolute atomic E-state index is 12.1. The number of carbonyl (C=O) groups is 2. The van der Waals surface area contributed by atoms with Gasteiger partial charge in [-0.3, -0.25) is 9.59 Å². The van der Waals surface area contributed by atoms with Crippen molar-refractivity contribution in [1.29, 1.82) is 0 Å². The lowest BCUT2D eigenvalue weighted by Gasteiger charge is -2.14. The van der Waals surface area contributed by atoms with Gasteiger partial charge in [0.05, 0.1) is 18.6 Å². The minimum absolute atomic E-state index is 0.0816. The van der Waals surface area contributed by atoms with Gasteiger partial charge in [0.25, 0.3) is 0 Å². The van der Waals surface area contributed by atoms with E-state index >= 15 is 0 Å². The van der Waals surface area contributed by atoms with Crippen LogP contribution in [0, 0.1) is 0 Å². The highest BCUT2D eigenvalue weighted by atomic mass is 32.2. The summed E-state index contributed by atoms with van der Waals surface area (Å²) >= 11 is 1.29. The Hall–Kier alpha value is -2.51. The van der Waals surface area contributed by atoms with Gasteiger partial charge in [-0.2, -0.15) is 0 Å². The van der Waals surface area contributed by atoms with Crippen molar-refractivity contribution in [3.05, 3.63) is 59.7 Å². The molecule has 0 aliphatic heterocycles. The van der Waals surface area contributed by atoms with Gasteiger partial charge in [-0.15, -0.1) is 11.8 Å². The number of carbonyl (C=O) groups excluding carboxylic acids is 2. The average Bonchev–Trinajstić information content (AvgIpc) is 2.67. The zero-order valence-corrected chi connectivity index (χ0v) is 17.3. The van der Waals surface area contributed by atoms with Crippen LogP contribution in [-0.2, 0) is 22.7 Å². The van der Waals surface area contributed by atoms with Crippen LogP contribution in [-0.4, -0.2) is 49.4 Å². The monoisotopic (exact) mass is 401 g/mol. The van der Waals surface area contributed by atoms with Crippen molar-refractivity contribution < 1.29 is 14.3 Å². The Bertz CT molecular complexity index is 779. The fraction of sp³-hybridized carbons (Fsp3) is 0.333. The Balaban J connectivity index is 1.70. The van der Waals surface area contributed by atoms with E-state index in [9.17, 15) is 9.59 Å². The largest absolute Gasteiger partial charge is 0.497 e. The maximum Gasteiger partial charge on any atom is 0.234 e. The van der Waals surface area contributed by atoms with Crippen LogP contribution < -0.4 is 15.4 Å². The van der Waals surface area contributed by atoms with Crippen LogP contribution in [0.25, 0.3) is 0 Å². The number of ether oxygens (including phenoxy) is 1. The van der Waals surface area contributed by atoms with E-state index in [2.05, 4.69) is 21.6 Å².